The van der Waals surface area contributed by atoms with Gasteiger partial charge in [-0.1, -0.05) is 71.7 Å². The van der Waals surface area contributed by atoms with Crippen LogP contribution in [0.2, 0.25) is 0 Å². The maximum Gasteiger partial charge on any atom is 0.338 e. The fraction of sp³-hybridized carbons (Fsp3) is 0.500. The highest BCUT2D eigenvalue weighted by molar-refractivity contribution is 9.10. The first-order valence-electron chi connectivity index (χ1n) is 16.2. The summed E-state index contributed by atoms with van der Waals surface area (Å²) in [5, 5.41) is 0. The Balaban J connectivity index is 1.81. The van der Waals surface area contributed by atoms with Gasteiger partial charge in [0, 0.05) is 32.1 Å². The summed E-state index contributed by atoms with van der Waals surface area (Å²) >= 11 is 6.79. The number of Topliss-reactive ketones (excluding diaryl/α,β-unsaturated/α-hetero) is 1. The van der Waals surface area contributed by atoms with E-state index in [1.54, 1.807) is 62.4 Å². The first kappa shape index (κ1) is 37.0. The third kappa shape index (κ3) is 5.78. The summed E-state index contributed by atoms with van der Waals surface area (Å²) in [6, 6.07) is 13.2. The molecule has 2 aromatic rings. The smallest absolute Gasteiger partial charge is 0.338 e. The molecule has 0 radical (unpaired) electrons. The van der Waals surface area contributed by atoms with Gasteiger partial charge in [0.25, 0.3) is 0 Å². The molecule has 0 spiro atoms. The first-order valence-corrected chi connectivity index (χ1v) is 17.8. The zero-order valence-corrected chi connectivity index (χ0v) is 31.9. The molecule has 0 saturated heterocycles. The fourth-order valence-corrected chi connectivity index (χ4v) is 10.1. The van der Waals surface area contributed by atoms with Crippen LogP contribution in [0.5, 0.6) is 0 Å². The van der Waals surface area contributed by atoms with Crippen LogP contribution in [-0.2, 0) is 33.3 Å². The third-order valence-electron chi connectivity index (χ3n) is 12.0. The molecule has 5 rings (SSSR count). The van der Waals surface area contributed by atoms with Crippen molar-refractivity contribution in [1.29, 1.82) is 0 Å². The predicted molar refractivity (Wildman–Crippen MR) is 187 cm³/mol. The molecule has 11 heteroatoms. The van der Waals surface area contributed by atoms with Crippen molar-refractivity contribution in [2.24, 2.45) is 39.4 Å². The Hall–Kier alpha value is -3.31. The van der Waals surface area contributed by atoms with Crippen molar-refractivity contribution in [3.05, 3.63) is 80.8 Å². The Kier molecular flexibility index (Phi) is 9.88. The molecule has 0 N–H and O–H groups in total. The Bertz CT molecular complexity index is 1700. The van der Waals surface area contributed by atoms with Crippen molar-refractivity contribution in [1.82, 2.24) is 0 Å². The minimum atomic E-state index is -1.60. The standard InChI is InChI=1S/C38H42Br2O9/c1-20-19-25-36(4)18-17-26(41)35(2,3)28(36)27(48-31(42)21-9-13-23(39)14-10-21)30(49-32(43)22-11-15-24(40)16-12-22)38(25,6)29(33(44)46-7)37(20,5)34(45)47-8/h9-16,25,27-30H,1,17-19H2,2-8H3. The molecule has 0 aromatic heterocycles. The van der Waals surface area contributed by atoms with E-state index in [0.717, 1.165) is 8.95 Å². The number of benzene rings is 2. The van der Waals surface area contributed by atoms with E-state index in [2.05, 4.69) is 38.4 Å². The number of rotatable bonds is 6. The molecule has 9 nitrogen and oxygen atoms in total. The molecule has 0 bridgehead atoms. The third-order valence-corrected chi connectivity index (χ3v) is 13.0. The lowest BCUT2D eigenvalue weighted by Crippen LogP contribution is -2.74. The quantitative estimate of drug-likeness (QED) is 0.166. The van der Waals surface area contributed by atoms with E-state index in [-0.39, 0.29) is 29.8 Å². The molecule has 3 fully saturated rings. The zero-order chi connectivity index (χ0) is 36.3. The van der Waals surface area contributed by atoms with Gasteiger partial charge in [0.15, 0.2) is 0 Å². The Morgan fingerprint density at radius 2 is 1.31 bits per heavy atom. The van der Waals surface area contributed by atoms with Crippen molar-refractivity contribution in [3.63, 3.8) is 0 Å². The maximum absolute atomic E-state index is 14.2. The summed E-state index contributed by atoms with van der Waals surface area (Å²) in [5.74, 6) is -5.26. The van der Waals surface area contributed by atoms with Crippen LogP contribution in [0.3, 0.4) is 0 Å². The van der Waals surface area contributed by atoms with Crippen molar-refractivity contribution in [2.45, 2.75) is 66.1 Å². The average Bonchev–Trinajstić information content (AvgIpc) is 3.06. The van der Waals surface area contributed by atoms with E-state index in [9.17, 15) is 24.0 Å². The summed E-state index contributed by atoms with van der Waals surface area (Å²) < 4.78 is 25.2. The van der Waals surface area contributed by atoms with Gasteiger partial charge in [-0.25, -0.2) is 9.59 Å². The molecule has 0 heterocycles. The van der Waals surface area contributed by atoms with E-state index in [1.807, 2.05) is 20.8 Å². The van der Waals surface area contributed by atoms with Gasteiger partial charge in [-0.15, -0.1) is 0 Å². The van der Waals surface area contributed by atoms with Crippen LogP contribution in [0.15, 0.2) is 69.6 Å². The Morgan fingerprint density at radius 3 is 1.80 bits per heavy atom. The van der Waals surface area contributed by atoms with Crippen molar-refractivity contribution >= 4 is 61.5 Å². The van der Waals surface area contributed by atoms with Gasteiger partial charge in [-0.05, 0) is 79.6 Å². The Labute approximate surface area is 303 Å². The summed E-state index contributed by atoms with van der Waals surface area (Å²) in [6.45, 7) is 13.4. The fourth-order valence-electron chi connectivity index (χ4n) is 9.53. The number of methoxy groups -OCH3 is 2. The summed E-state index contributed by atoms with van der Waals surface area (Å²) in [5.41, 5.74) is -3.85. The number of carbonyl (C=O) groups excluding carboxylic acids is 5. The van der Waals surface area contributed by atoms with Gasteiger partial charge in [0.2, 0.25) is 0 Å². The van der Waals surface area contributed by atoms with Crippen LogP contribution < -0.4 is 0 Å². The van der Waals surface area contributed by atoms with Gasteiger partial charge in [-0.3, -0.25) is 14.4 Å². The van der Waals surface area contributed by atoms with Crippen LogP contribution in [0.1, 0.15) is 74.6 Å². The molecule has 262 valence electrons. The van der Waals surface area contributed by atoms with Gasteiger partial charge in [0.1, 0.15) is 18.0 Å². The lowest BCUT2D eigenvalue weighted by Gasteiger charge is -2.69. The Morgan fingerprint density at radius 1 is 0.796 bits per heavy atom. The van der Waals surface area contributed by atoms with Gasteiger partial charge < -0.3 is 18.9 Å². The van der Waals surface area contributed by atoms with Crippen LogP contribution in [0, 0.1) is 39.4 Å². The SMILES string of the molecule is C=C1CC2C3(C)CCC(=O)C(C)(C)C3C(OC(=O)c3ccc(Br)cc3)C(OC(=O)c3ccc(Br)cc3)C2(C)C(C(=O)OC)C1(C)C(=O)OC. The normalized spacial score (nSPS) is 33.4. The summed E-state index contributed by atoms with van der Waals surface area (Å²) in [4.78, 5) is 69.9. The number of hydrogen-bond donors (Lipinski definition) is 0. The molecule has 0 amide bonds. The van der Waals surface area contributed by atoms with Gasteiger partial charge >= 0.3 is 23.9 Å². The summed E-state index contributed by atoms with van der Waals surface area (Å²) in [7, 11) is 2.48. The van der Waals surface area contributed by atoms with Crippen molar-refractivity contribution in [3.8, 4) is 0 Å². The van der Waals surface area contributed by atoms with E-state index in [4.69, 9.17) is 18.9 Å². The number of halogens is 2. The number of ketones is 1. The highest BCUT2D eigenvalue weighted by atomic mass is 79.9. The highest BCUT2D eigenvalue weighted by Gasteiger charge is 2.76. The highest BCUT2D eigenvalue weighted by Crippen LogP contribution is 2.72. The lowest BCUT2D eigenvalue weighted by atomic mass is 9.35. The summed E-state index contributed by atoms with van der Waals surface area (Å²) in [6.07, 6.45) is -1.62. The van der Waals surface area contributed by atoms with Crippen LogP contribution in [0.4, 0.5) is 0 Å². The molecule has 3 saturated carbocycles. The van der Waals surface area contributed by atoms with Crippen LogP contribution >= 0.6 is 31.9 Å². The van der Waals surface area contributed by atoms with Crippen LogP contribution in [-0.4, -0.2) is 56.1 Å². The number of carbonyl (C=O) groups is 5. The van der Waals surface area contributed by atoms with Crippen LogP contribution in [0.25, 0.3) is 0 Å². The largest absolute Gasteiger partial charge is 0.469 e. The molecular weight excluding hydrogens is 760 g/mol. The van der Waals surface area contributed by atoms with E-state index >= 15 is 0 Å². The molecular formula is C38H42Br2O9. The van der Waals surface area contributed by atoms with Gasteiger partial charge in [0.05, 0.1) is 36.7 Å². The second-order valence-corrected chi connectivity index (χ2v) is 16.5. The zero-order valence-electron chi connectivity index (χ0n) is 28.8. The molecule has 8 unspecified atom stereocenters. The van der Waals surface area contributed by atoms with Gasteiger partial charge in [-0.2, -0.15) is 0 Å². The number of ether oxygens (including phenoxy) is 4. The lowest BCUT2D eigenvalue weighted by molar-refractivity contribution is -0.265. The topological polar surface area (TPSA) is 122 Å². The predicted octanol–water partition coefficient (Wildman–Crippen LogP) is 7.54. The molecule has 2 aromatic carbocycles. The minimum absolute atomic E-state index is 0.0141. The molecule has 3 aliphatic carbocycles. The maximum atomic E-state index is 14.2. The molecule has 8 atom stereocenters. The van der Waals surface area contributed by atoms with Crippen molar-refractivity contribution < 1.29 is 42.9 Å². The molecule has 49 heavy (non-hydrogen) atoms. The monoisotopic (exact) mass is 800 g/mol. The molecule has 3 aliphatic rings. The second kappa shape index (κ2) is 13.1. The number of hydrogen-bond acceptors (Lipinski definition) is 9. The number of esters is 4. The number of fused-ring (bicyclic) bond motifs is 3. The first-order chi connectivity index (χ1) is 22.9. The second-order valence-electron chi connectivity index (χ2n) is 14.7. The van der Waals surface area contributed by atoms with E-state index in [1.165, 1.54) is 14.2 Å². The molecule has 0 aliphatic heterocycles. The minimum Gasteiger partial charge on any atom is -0.469 e. The average molecular weight is 803 g/mol. The van der Waals surface area contributed by atoms with E-state index in [0.29, 0.717) is 12.0 Å². The van der Waals surface area contributed by atoms with E-state index < -0.39 is 75.5 Å². The van der Waals surface area contributed by atoms with Crippen molar-refractivity contribution in [2.75, 3.05) is 14.2 Å².